The average molecular weight is 252 g/mol. The number of hydrogen-bond acceptors (Lipinski definition) is 3. The Balaban J connectivity index is 1.96. The number of hydrogen-bond donors (Lipinski definition) is 2. The molecule has 0 radical (unpaired) electrons. The monoisotopic (exact) mass is 251 g/mol. The molecule has 1 aromatic heterocycles. The van der Waals surface area contributed by atoms with E-state index in [9.17, 15) is 0 Å². The Labute approximate surface area is 105 Å². The Hall–Kier alpha value is -1.52. The summed E-state index contributed by atoms with van der Waals surface area (Å²) in [6.07, 6.45) is 3.66. The molecule has 17 heavy (non-hydrogen) atoms. The number of aromatic nitrogens is 2. The van der Waals surface area contributed by atoms with Crippen LogP contribution >= 0.6 is 11.6 Å². The van der Waals surface area contributed by atoms with E-state index in [0.29, 0.717) is 11.6 Å². The molecular formula is C12H14ClN3O. The highest BCUT2D eigenvalue weighted by atomic mass is 35.5. The lowest BCUT2D eigenvalue weighted by Gasteiger charge is -2.09. The number of nitrogens with zero attached hydrogens (tertiary/aromatic N) is 1. The number of aromatic amines is 1. The third-order valence-corrected chi connectivity index (χ3v) is 2.68. The van der Waals surface area contributed by atoms with Gasteiger partial charge < -0.3 is 10.1 Å². The van der Waals surface area contributed by atoms with Crippen LogP contribution < -0.4 is 10.1 Å². The molecule has 0 amide bonds. The maximum Gasteiger partial charge on any atom is 0.123 e. The Bertz CT molecular complexity index is 471. The van der Waals surface area contributed by atoms with E-state index < -0.39 is 0 Å². The van der Waals surface area contributed by atoms with Gasteiger partial charge in [0, 0.05) is 35.4 Å². The van der Waals surface area contributed by atoms with Crippen molar-refractivity contribution in [3.8, 4) is 5.75 Å². The van der Waals surface area contributed by atoms with Gasteiger partial charge in [0.2, 0.25) is 0 Å². The molecule has 0 spiro atoms. The van der Waals surface area contributed by atoms with Crippen LogP contribution in [0.1, 0.15) is 11.1 Å². The first-order chi connectivity index (χ1) is 8.29. The predicted molar refractivity (Wildman–Crippen MR) is 67.1 cm³/mol. The van der Waals surface area contributed by atoms with Gasteiger partial charge >= 0.3 is 0 Å². The van der Waals surface area contributed by atoms with E-state index in [4.69, 9.17) is 16.3 Å². The summed E-state index contributed by atoms with van der Waals surface area (Å²) in [5.41, 5.74) is 2.16. The molecule has 0 aliphatic heterocycles. The van der Waals surface area contributed by atoms with Crippen LogP contribution in [-0.2, 0) is 13.1 Å². The molecule has 5 heteroatoms. The lowest BCUT2D eigenvalue weighted by atomic mass is 10.2. The molecule has 2 N–H and O–H groups in total. The number of methoxy groups -OCH3 is 1. The molecule has 2 aromatic rings. The van der Waals surface area contributed by atoms with Crippen molar-refractivity contribution in [2.45, 2.75) is 13.1 Å². The van der Waals surface area contributed by atoms with E-state index in [-0.39, 0.29) is 0 Å². The fraction of sp³-hybridized carbons (Fsp3) is 0.250. The minimum absolute atomic E-state index is 0.703. The van der Waals surface area contributed by atoms with Crippen LogP contribution in [0.5, 0.6) is 5.75 Å². The van der Waals surface area contributed by atoms with Crippen LogP contribution in [-0.4, -0.2) is 17.3 Å². The zero-order valence-electron chi connectivity index (χ0n) is 9.53. The highest BCUT2D eigenvalue weighted by Crippen LogP contribution is 2.22. The highest BCUT2D eigenvalue weighted by molar-refractivity contribution is 6.30. The minimum atomic E-state index is 0.703. The number of halogens is 1. The Kier molecular flexibility index (Phi) is 4.01. The zero-order chi connectivity index (χ0) is 12.1. The van der Waals surface area contributed by atoms with E-state index in [0.717, 1.165) is 23.4 Å². The van der Waals surface area contributed by atoms with Gasteiger partial charge in [-0.2, -0.15) is 5.10 Å². The lowest BCUT2D eigenvalue weighted by Crippen LogP contribution is -2.12. The van der Waals surface area contributed by atoms with Crippen LogP contribution in [0.3, 0.4) is 0 Å². The summed E-state index contributed by atoms with van der Waals surface area (Å²) >= 11 is 5.95. The molecule has 0 aliphatic carbocycles. The van der Waals surface area contributed by atoms with Crippen molar-refractivity contribution in [2.24, 2.45) is 0 Å². The molecule has 0 aliphatic rings. The number of rotatable bonds is 5. The zero-order valence-corrected chi connectivity index (χ0v) is 10.3. The summed E-state index contributed by atoms with van der Waals surface area (Å²) in [6, 6.07) is 5.60. The van der Waals surface area contributed by atoms with Gasteiger partial charge in [0.15, 0.2) is 0 Å². The quantitative estimate of drug-likeness (QED) is 0.858. The van der Waals surface area contributed by atoms with Crippen molar-refractivity contribution in [2.75, 3.05) is 7.11 Å². The van der Waals surface area contributed by atoms with Crippen molar-refractivity contribution in [1.82, 2.24) is 15.5 Å². The predicted octanol–water partition coefficient (Wildman–Crippen LogP) is 2.36. The maximum absolute atomic E-state index is 5.95. The van der Waals surface area contributed by atoms with Crippen LogP contribution in [0.15, 0.2) is 30.6 Å². The molecule has 90 valence electrons. The van der Waals surface area contributed by atoms with Crippen molar-refractivity contribution in [3.63, 3.8) is 0 Å². The van der Waals surface area contributed by atoms with Gasteiger partial charge in [-0.1, -0.05) is 11.6 Å². The number of benzene rings is 1. The molecular weight excluding hydrogens is 238 g/mol. The molecule has 0 atom stereocenters. The van der Waals surface area contributed by atoms with Crippen LogP contribution in [0.4, 0.5) is 0 Å². The second-order valence-corrected chi connectivity index (χ2v) is 4.10. The molecule has 0 saturated carbocycles. The summed E-state index contributed by atoms with van der Waals surface area (Å²) < 4.78 is 5.27. The highest BCUT2D eigenvalue weighted by Gasteiger charge is 2.03. The van der Waals surface area contributed by atoms with Crippen molar-refractivity contribution < 1.29 is 4.74 Å². The molecule has 1 heterocycles. The fourth-order valence-electron chi connectivity index (χ4n) is 1.60. The molecule has 2 rings (SSSR count). The molecule has 0 bridgehead atoms. The van der Waals surface area contributed by atoms with Gasteiger partial charge in [-0.25, -0.2) is 0 Å². The summed E-state index contributed by atoms with van der Waals surface area (Å²) in [6.45, 7) is 1.46. The second kappa shape index (κ2) is 5.70. The van der Waals surface area contributed by atoms with E-state index in [1.807, 2.05) is 24.4 Å². The van der Waals surface area contributed by atoms with Gasteiger partial charge in [-0.3, -0.25) is 5.10 Å². The standard InChI is InChI=1S/C12H14ClN3O/c1-17-12-3-2-11(13)4-10(12)8-14-5-9-6-15-16-7-9/h2-4,6-7,14H,5,8H2,1H3,(H,15,16). The van der Waals surface area contributed by atoms with E-state index in [2.05, 4.69) is 15.5 Å². The first kappa shape index (κ1) is 12.0. The van der Waals surface area contributed by atoms with Gasteiger partial charge in [0.25, 0.3) is 0 Å². The lowest BCUT2D eigenvalue weighted by molar-refractivity contribution is 0.407. The summed E-state index contributed by atoms with van der Waals surface area (Å²) in [7, 11) is 1.66. The third kappa shape index (κ3) is 3.22. The number of ether oxygens (including phenoxy) is 1. The summed E-state index contributed by atoms with van der Waals surface area (Å²) in [5.74, 6) is 0.842. The smallest absolute Gasteiger partial charge is 0.123 e. The largest absolute Gasteiger partial charge is 0.496 e. The first-order valence-corrected chi connectivity index (χ1v) is 5.68. The summed E-state index contributed by atoms with van der Waals surface area (Å²) in [4.78, 5) is 0. The Morgan fingerprint density at radius 1 is 1.41 bits per heavy atom. The number of H-pyrrole nitrogens is 1. The Morgan fingerprint density at radius 2 is 2.29 bits per heavy atom. The maximum atomic E-state index is 5.95. The van der Waals surface area contributed by atoms with Crippen molar-refractivity contribution >= 4 is 11.6 Å². The van der Waals surface area contributed by atoms with Crippen molar-refractivity contribution in [3.05, 3.63) is 46.7 Å². The first-order valence-electron chi connectivity index (χ1n) is 5.30. The van der Waals surface area contributed by atoms with E-state index in [1.165, 1.54) is 0 Å². The van der Waals surface area contributed by atoms with E-state index in [1.54, 1.807) is 13.3 Å². The van der Waals surface area contributed by atoms with Gasteiger partial charge in [-0.05, 0) is 18.2 Å². The topological polar surface area (TPSA) is 49.9 Å². The third-order valence-electron chi connectivity index (χ3n) is 2.44. The van der Waals surface area contributed by atoms with Gasteiger partial charge in [0.05, 0.1) is 13.3 Å². The molecule has 0 fully saturated rings. The van der Waals surface area contributed by atoms with Gasteiger partial charge in [0.1, 0.15) is 5.75 Å². The molecule has 4 nitrogen and oxygen atoms in total. The molecule has 0 unspecified atom stereocenters. The normalized spacial score (nSPS) is 10.5. The minimum Gasteiger partial charge on any atom is -0.496 e. The average Bonchev–Trinajstić information content (AvgIpc) is 2.82. The van der Waals surface area contributed by atoms with Crippen LogP contribution in [0.2, 0.25) is 5.02 Å². The van der Waals surface area contributed by atoms with Crippen LogP contribution in [0, 0.1) is 0 Å². The van der Waals surface area contributed by atoms with Crippen LogP contribution in [0.25, 0.3) is 0 Å². The second-order valence-electron chi connectivity index (χ2n) is 3.67. The van der Waals surface area contributed by atoms with Crippen molar-refractivity contribution in [1.29, 1.82) is 0 Å². The van der Waals surface area contributed by atoms with Gasteiger partial charge in [-0.15, -0.1) is 0 Å². The molecule has 0 saturated heterocycles. The fourth-order valence-corrected chi connectivity index (χ4v) is 1.80. The number of nitrogens with one attached hydrogen (secondary N) is 2. The SMILES string of the molecule is COc1ccc(Cl)cc1CNCc1cn[nH]c1. The summed E-state index contributed by atoms with van der Waals surface area (Å²) in [5, 5.41) is 10.7. The Morgan fingerprint density at radius 3 is 3.00 bits per heavy atom. The molecule has 1 aromatic carbocycles. The van der Waals surface area contributed by atoms with E-state index >= 15 is 0 Å².